The van der Waals surface area contributed by atoms with Crippen molar-refractivity contribution in [3.63, 3.8) is 0 Å². The molecule has 0 saturated carbocycles. The van der Waals surface area contributed by atoms with Gasteiger partial charge >= 0.3 is 0 Å². The highest BCUT2D eigenvalue weighted by Gasteiger charge is 2.54. The van der Waals surface area contributed by atoms with Crippen molar-refractivity contribution in [3.05, 3.63) is 41.4 Å². The number of nitrogens with one attached hydrogen (secondary N) is 1. The molecule has 8 nitrogen and oxygen atoms in total. The zero-order chi connectivity index (χ0) is 20.3. The molecule has 2 unspecified atom stereocenters. The number of aromatic nitrogens is 2. The third-order valence-corrected chi connectivity index (χ3v) is 6.85. The lowest BCUT2D eigenvalue weighted by Crippen LogP contribution is -2.63. The number of hydrogen-bond acceptors (Lipinski definition) is 5. The Morgan fingerprint density at radius 2 is 2.10 bits per heavy atom. The zero-order valence-electron chi connectivity index (χ0n) is 17.1. The molecule has 1 N–H and O–H groups in total. The van der Waals surface area contributed by atoms with E-state index in [1.54, 1.807) is 12.3 Å². The minimum atomic E-state index is -0.197. The van der Waals surface area contributed by atoms with Crippen molar-refractivity contribution in [2.75, 3.05) is 26.7 Å². The molecule has 29 heavy (non-hydrogen) atoms. The number of nitrogens with zero attached hydrogens (tertiary/aromatic N) is 4. The Bertz CT molecular complexity index is 951. The van der Waals surface area contributed by atoms with Gasteiger partial charge in [-0.1, -0.05) is 0 Å². The van der Waals surface area contributed by atoms with Crippen LogP contribution in [0.5, 0.6) is 0 Å². The number of likely N-dealkylation sites (N-methyl/N-ethyl adjacent to an activating group) is 1. The van der Waals surface area contributed by atoms with Gasteiger partial charge in [-0.15, -0.1) is 0 Å². The van der Waals surface area contributed by atoms with Crippen LogP contribution in [0.25, 0.3) is 0 Å². The van der Waals surface area contributed by atoms with Crippen LogP contribution in [0.3, 0.4) is 0 Å². The second-order valence-electron chi connectivity index (χ2n) is 8.79. The molecule has 3 aliphatic rings. The number of aryl methyl sites for hydroxylation is 2. The summed E-state index contributed by atoms with van der Waals surface area (Å²) in [5, 5.41) is 3.22. The Morgan fingerprint density at radius 1 is 1.31 bits per heavy atom. The van der Waals surface area contributed by atoms with Gasteiger partial charge in [0.05, 0.1) is 17.6 Å². The number of amides is 2. The van der Waals surface area contributed by atoms with Crippen molar-refractivity contribution >= 4 is 11.8 Å². The van der Waals surface area contributed by atoms with Gasteiger partial charge < -0.3 is 19.2 Å². The van der Waals surface area contributed by atoms with E-state index in [9.17, 15) is 9.59 Å². The Morgan fingerprint density at radius 3 is 2.76 bits per heavy atom. The normalized spacial score (nSPS) is 25.3. The minimum Gasteiger partial charge on any atom is -0.456 e. The van der Waals surface area contributed by atoms with Gasteiger partial charge in [-0.2, -0.15) is 0 Å². The first-order chi connectivity index (χ1) is 13.9. The molecule has 2 amide bonds. The van der Waals surface area contributed by atoms with Crippen LogP contribution in [0.4, 0.5) is 0 Å². The van der Waals surface area contributed by atoms with Gasteiger partial charge in [0.15, 0.2) is 5.76 Å². The highest BCUT2D eigenvalue weighted by atomic mass is 16.4. The van der Waals surface area contributed by atoms with E-state index in [0.29, 0.717) is 18.8 Å². The monoisotopic (exact) mass is 397 g/mol. The summed E-state index contributed by atoms with van der Waals surface area (Å²) in [5.74, 6) is 2.06. The molecule has 2 atom stereocenters. The maximum absolute atomic E-state index is 12.8. The van der Waals surface area contributed by atoms with E-state index in [1.165, 1.54) is 0 Å². The van der Waals surface area contributed by atoms with Crippen molar-refractivity contribution in [3.8, 4) is 0 Å². The highest BCUT2D eigenvalue weighted by Crippen LogP contribution is 2.45. The molecule has 0 radical (unpaired) electrons. The maximum Gasteiger partial charge on any atom is 0.289 e. The summed E-state index contributed by atoms with van der Waals surface area (Å²) in [4.78, 5) is 34.0. The van der Waals surface area contributed by atoms with Gasteiger partial charge in [-0.25, -0.2) is 4.98 Å². The first-order valence-electron chi connectivity index (χ1n) is 10.3. The van der Waals surface area contributed by atoms with Crippen molar-refractivity contribution in [1.82, 2.24) is 24.7 Å². The molecule has 3 aliphatic heterocycles. The van der Waals surface area contributed by atoms with Crippen LogP contribution in [0, 0.1) is 13.8 Å². The smallest absolute Gasteiger partial charge is 0.289 e. The molecule has 5 rings (SSSR count). The number of rotatable bonds is 3. The number of carbonyl (C=O) groups excluding carboxylic acids is 2. The van der Waals surface area contributed by atoms with Gasteiger partial charge in [0.1, 0.15) is 11.6 Å². The average Bonchev–Trinajstić information content (AvgIpc) is 3.40. The fourth-order valence-corrected chi connectivity index (χ4v) is 5.09. The first kappa shape index (κ1) is 18.4. The molecule has 0 aromatic carbocycles. The number of likely N-dealkylation sites (tertiary alicyclic amines) is 2. The fourth-order valence-electron chi connectivity index (χ4n) is 5.09. The minimum absolute atomic E-state index is 0.0557. The summed E-state index contributed by atoms with van der Waals surface area (Å²) >= 11 is 0. The maximum atomic E-state index is 12.8. The lowest BCUT2D eigenvalue weighted by atomic mass is 9.85. The number of carbonyl (C=O) groups is 2. The first-order valence-corrected chi connectivity index (χ1v) is 10.3. The summed E-state index contributed by atoms with van der Waals surface area (Å²) in [6, 6.07) is 1.64. The van der Waals surface area contributed by atoms with Crippen LogP contribution in [0.15, 0.2) is 22.9 Å². The predicted octanol–water partition coefficient (Wildman–Crippen LogP) is 1.60. The number of furan rings is 1. The van der Waals surface area contributed by atoms with Crippen LogP contribution in [-0.4, -0.2) is 63.9 Å². The summed E-state index contributed by atoms with van der Waals surface area (Å²) in [7, 11) is 2.00. The zero-order valence-corrected chi connectivity index (χ0v) is 17.1. The van der Waals surface area contributed by atoms with Crippen molar-refractivity contribution in [1.29, 1.82) is 0 Å². The lowest BCUT2D eigenvalue weighted by Gasteiger charge is -2.48. The standard InChI is InChI=1S/C21H27N5O3/c1-13-9-17(29-14(13)2)20(28)25-11-21(12-25)10-15(18-22-6-8-26(18)21)23-19(27)16-5-4-7-24(16)3/h6,8-9,15-16H,4-5,7,10-12H2,1-3H3,(H,23,27). The van der Waals surface area contributed by atoms with E-state index in [0.717, 1.165) is 43.0 Å². The van der Waals surface area contributed by atoms with E-state index in [4.69, 9.17) is 4.42 Å². The second kappa shape index (κ2) is 6.45. The third kappa shape index (κ3) is 2.80. The topological polar surface area (TPSA) is 83.6 Å². The van der Waals surface area contributed by atoms with E-state index >= 15 is 0 Å². The van der Waals surface area contributed by atoms with E-state index in [1.807, 2.05) is 32.0 Å². The Hall–Kier alpha value is -2.61. The molecule has 5 heterocycles. The van der Waals surface area contributed by atoms with Gasteiger partial charge in [0, 0.05) is 31.9 Å². The van der Waals surface area contributed by atoms with Crippen molar-refractivity contribution < 1.29 is 14.0 Å². The molecule has 2 aromatic heterocycles. The molecule has 1 spiro atoms. The lowest BCUT2D eigenvalue weighted by molar-refractivity contribution is -0.126. The highest BCUT2D eigenvalue weighted by molar-refractivity contribution is 5.92. The van der Waals surface area contributed by atoms with Gasteiger partial charge in [-0.3, -0.25) is 14.5 Å². The molecule has 2 aromatic rings. The van der Waals surface area contributed by atoms with Crippen LogP contribution in [0.2, 0.25) is 0 Å². The van der Waals surface area contributed by atoms with Crippen LogP contribution in [-0.2, 0) is 10.3 Å². The Balaban J connectivity index is 1.29. The van der Waals surface area contributed by atoms with Crippen molar-refractivity contribution in [2.45, 2.75) is 50.7 Å². The average molecular weight is 397 g/mol. The Labute approximate surface area is 169 Å². The molecule has 8 heteroatoms. The molecular formula is C21H27N5O3. The quantitative estimate of drug-likeness (QED) is 0.851. The predicted molar refractivity (Wildman–Crippen MR) is 105 cm³/mol. The summed E-state index contributed by atoms with van der Waals surface area (Å²) in [6.45, 7) is 5.97. The molecule has 0 aliphatic carbocycles. The summed E-state index contributed by atoms with van der Waals surface area (Å²) < 4.78 is 7.76. The number of hydrogen-bond donors (Lipinski definition) is 1. The largest absolute Gasteiger partial charge is 0.456 e. The summed E-state index contributed by atoms with van der Waals surface area (Å²) in [6.07, 6.45) is 6.46. The van der Waals surface area contributed by atoms with Gasteiger partial charge in [-0.05, 0) is 51.9 Å². The second-order valence-corrected chi connectivity index (χ2v) is 8.79. The van der Waals surface area contributed by atoms with Crippen LogP contribution >= 0.6 is 0 Å². The van der Waals surface area contributed by atoms with Crippen molar-refractivity contribution in [2.24, 2.45) is 0 Å². The molecule has 154 valence electrons. The number of imidazole rings is 1. The molecule has 2 saturated heterocycles. The summed E-state index contributed by atoms with van der Waals surface area (Å²) in [5.41, 5.74) is 0.790. The van der Waals surface area contributed by atoms with E-state index < -0.39 is 0 Å². The SMILES string of the molecule is Cc1cc(C(=O)N2CC3(CC(NC(=O)C4CCCN4C)c4nccn43)C2)oc1C. The van der Waals surface area contributed by atoms with E-state index in [2.05, 4.69) is 19.8 Å². The third-order valence-electron chi connectivity index (χ3n) is 6.85. The molecule has 2 fully saturated rings. The fraction of sp³-hybridized carbons (Fsp3) is 0.571. The van der Waals surface area contributed by atoms with Crippen LogP contribution in [0.1, 0.15) is 53.0 Å². The molecular weight excluding hydrogens is 370 g/mol. The van der Waals surface area contributed by atoms with E-state index in [-0.39, 0.29) is 29.4 Å². The Kier molecular flexibility index (Phi) is 4.10. The van der Waals surface area contributed by atoms with Crippen LogP contribution < -0.4 is 5.32 Å². The molecule has 0 bridgehead atoms. The number of fused-ring (bicyclic) bond motifs is 2. The van der Waals surface area contributed by atoms with Gasteiger partial charge in [0.25, 0.3) is 5.91 Å². The van der Waals surface area contributed by atoms with Gasteiger partial charge in [0.2, 0.25) is 5.91 Å².